The lowest BCUT2D eigenvalue weighted by atomic mass is 10.1. The Bertz CT molecular complexity index is 1360. The zero-order chi connectivity index (χ0) is 26.7. The average molecular weight is 525 g/mol. The number of rotatable bonds is 8. The topological polar surface area (TPSA) is 119 Å². The molecule has 0 spiro atoms. The van der Waals surface area contributed by atoms with Crippen LogP contribution in [0.3, 0.4) is 0 Å². The number of anilines is 4. The molecule has 4 rings (SSSR count). The average Bonchev–Trinajstić information content (AvgIpc) is 2.83. The van der Waals surface area contributed by atoms with Gasteiger partial charge >= 0.3 is 5.97 Å². The lowest BCUT2D eigenvalue weighted by molar-refractivity contribution is -0.135. The van der Waals surface area contributed by atoms with Crippen molar-refractivity contribution in [3.63, 3.8) is 0 Å². The highest BCUT2D eigenvalue weighted by Gasteiger charge is 2.30. The number of hydrogen-bond donors (Lipinski definition) is 2. The molecule has 10 nitrogen and oxygen atoms in total. The predicted octanol–water partition coefficient (Wildman–Crippen LogP) is 3.18. The van der Waals surface area contributed by atoms with E-state index in [0.717, 1.165) is 36.0 Å². The molecule has 0 saturated carbocycles. The van der Waals surface area contributed by atoms with Crippen molar-refractivity contribution in [2.24, 2.45) is 0 Å². The van der Waals surface area contributed by atoms with Gasteiger partial charge < -0.3 is 20.2 Å². The minimum Gasteiger partial charge on any atom is -0.480 e. The number of piperazine rings is 1. The molecular weight excluding hydrogens is 492 g/mol. The summed E-state index contributed by atoms with van der Waals surface area (Å²) in [7, 11) is -2.03. The summed E-state index contributed by atoms with van der Waals surface area (Å²) in [5.41, 5.74) is 3.03. The maximum Gasteiger partial charge on any atom is 0.324 e. The number of aliphatic carboxylic acids is 1. The van der Waals surface area contributed by atoms with Gasteiger partial charge in [-0.05, 0) is 69.3 Å². The minimum absolute atomic E-state index is 0.124. The summed E-state index contributed by atoms with van der Waals surface area (Å²) in [4.78, 5) is 25.2. The van der Waals surface area contributed by atoms with E-state index >= 15 is 0 Å². The molecular formula is C26H32N6O4S. The molecule has 196 valence electrons. The van der Waals surface area contributed by atoms with Crippen LogP contribution in [0, 0.1) is 20.8 Å². The Kier molecular flexibility index (Phi) is 7.65. The number of sulfonamides is 1. The molecule has 1 aromatic heterocycles. The van der Waals surface area contributed by atoms with E-state index < -0.39 is 22.5 Å². The van der Waals surface area contributed by atoms with E-state index in [4.69, 9.17) is 0 Å². The van der Waals surface area contributed by atoms with Crippen LogP contribution in [0.4, 0.5) is 23.1 Å². The Morgan fingerprint density at radius 2 is 1.65 bits per heavy atom. The number of carbonyl (C=O) groups is 1. The van der Waals surface area contributed by atoms with Crippen LogP contribution in [0.15, 0.2) is 53.6 Å². The van der Waals surface area contributed by atoms with Gasteiger partial charge in [0.1, 0.15) is 12.4 Å². The normalized spacial score (nSPS) is 14.4. The monoisotopic (exact) mass is 524 g/mol. The van der Waals surface area contributed by atoms with Gasteiger partial charge in [-0.2, -0.15) is 4.98 Å². The fourth-order valence-electron chi connectivity index (χ4n) is 4.56. The van der Waals surface area contributed by atoms with Gasteiger partial charge in [-0.15, -0.1) is 0 Å². The first-order valence-corrected chi connectivity index (χ1v) is 13.4. The van der Waals surface area contributed by atoms with Crippen molar-refractivity contribution in [1.82, 2.24) is 14.9 Å². The third kappa shape index (κ3) is 6.00. The van der Waals surface area contributed by atoms with Gasteiger partial charge in [-0.25, -0.2) is 13.4 Å². The van der Waals surface area contributed by atoms with E-state index in [9.17, 15) is 18.3 Å². The second-order valence-electron chi connectivity index (χ2n) is 9.34. The molecule has 0 aliphatic carbocycles. The summed E-state index contributed by atoms with van der Waals surface area (Å²) in [6.45, 7) is 8.23. The second-order valence-corrected chi connectivity index (χ2v) is 11.1. The van der Waals surface area contributed by atoms with Crippen molar-refractivity contribution in [2.45, 2.75) is 25.7 Å². The van der Waals surface area contributed by atoms with E-state index in [-0.39, 0.29) is 10.6 Å². The minimum atomic E-state index is -4.12. The number of aromatic nitrogens is 2. The van der Waals surface area contributed by atoms with Crippen molar-refractivity contribution in [3.8, 4) is 0 Å². The molecule has 0 amide bonds. The number of hydrogen-bond acceptors (Lipinski definition) is 8. The smallest absolute Gasteiger partial charge is 0.324 e. The Hall–Kier alpha value is -3.70. The number of likely N-dealkylation sites (N-methyl/N-ethyl adjacent to an activating group) is 1. The molecule has 1 aliphatic rings. The van der Waals surface area contributed by atoms with Gasteiger partial charge in [-0.3, -0.25) is 9.10 Å². The summed E-state index contributed by atoms with van der Waals surface area (Å²) in [5.74, 6) is 0.0143. The molecule has 37 heavy (non-hydrogen) atoms. The first-order valence-electron chi connectivity index (χ1n) is 12.0. The largest absolute Gasteiger partial charge is 0.480 e. The highest BCUT2D eigenvalue weighted by atomic mass is 32.2. The van der Waals surface area contributed by atoms with Crippen LogP contribution in [0.25, 0.3) is 0 Å². The molecule has 0 unspecified atom stereocenters. The Morgan fingerprint density at radius 3 is 2.24 bits per heavy atom. The molecule has 2 aromatic carbocycles. The van der Waals surface area contributed by atoms with E-state index in [1.165, 1.54) is 0 Å². The van der Waals surface area contributed by atoms with Crippen LogP contribution in [-0.4, -0.2) is 74.1 Å². The number of nitrogens with one attached hydrogen (secondary N) is 1. The SMILES string of the molecule is Cc1cc(C)c(S(=O)(=O)N(CC(=O)O)c2ccc(Nc3ccnc(N4CCN(C)CC4)n3)cc2)c(C)c1. The molecule has 3 aromatic rings. The van der Waals surface area contributed by atoms with Gasteiger partial charge in [0, 0.05) is 38.1 Å². The van der Waals surface area contributed by atoms with E-state index in [1.807, 2.05) is 6.92 Å². The van der Waals surface area contributed by atoms with E-state index in [1.54, 1.807) is 62.5 Å². The second kappa shape index (κ2) is 10.7. The molecule has 0 bridgehead atoms. The lowest BCUT2D eigenvalue weighted by Gasteiger charge is -2.32. The number of nitrogens with zero attached hydrogens (tertiary/aromatic N) is 5. The molecule has 1 saturated heterocycles. The Labute approximate surface area is 217 Å². The highest BCUT2D eigenvalue weighted by Crippen LogP contribution is 2.30. The molecule has 1 aliphatic heterocycles. The molecule has 2 N–H and O–H groups in total. The maximum atomic E-state index is 13.6. The maximum absolute atomic E-state index is 13.6. The van der Waals surface area contributed by atoms with Gasteiger partial charge in [0.15, 0.2) is 0 Å². The predicted molar refractivity (Wildman–Crippen MR) is 144 cm³/mol. The van der Waals surface area contributed by atoms with Crippen LogP contribution in [0.1, 0.15) is 16.7 Å². The van der Waals surface area contributed by atoms with Gasteiger partial charge in [0.2, 0.25) is 5.95 Å². The zero-order valence-corrected chi connectivity index (χ0v) is 22.3. The molecule has 11 heteroatoms. The van der Waals surface area contributed by atoms with Crippen molar-refractivity contribution in [3.05, 3.63) is 65.4 Å². The van der Waals surface area contributed by atoms with Crippen LogP contribution in [-0.2, 0) is 14.8 Å². The summed E-state index contributed by atoms with van der Waals surface area (Å²) < 4.78 is 28.2. The van der Waals surface area contributed by atoms with Crippen molar-refractivity contribution >= 4 is 39.1 Å². The van der Waals surface area contributed by atoms with Gasteiger partial charge in [0.25, 0.3) is 10.0 Å². The first-order chi connectivity index (χ1) is 17.5. The molecule has 0 radical (unpaired) electrons. The molecule has 0 atom stereocenters. The van der Waals surface area contributed by atoms with E-state index in [2.05, 4.69) is 32.1 Å². The van der Waals surface area contributed by atoms with Crippen molar-refractivity contribution in [2.75, 3.05) is 54.3 Å². The summed E-state index contributed by atoms with van der Waals surface area (Å²) >= 11 is 0. The number of aryl methyl sites for hydroxylation is 3. The first kappa shape index (κ1) is 26.4. The number of carboxylic acids is 1. The van der Waals surface area contributed by atoms with Crippen LogP contribution in [0.2, 0.25) is 0 Å². The van der Waals surface area contributed by atoms with Crippen molar-refractivity contribution in [1.29, 1.82) is 0 Å². The third-order valence-electron chi connectivity index (χ3n) is 6.29. The summed E-state index contributed by atoms with van der Waals surface area (Å²) in [6.07, 6.45) is 1.70. The van der Waals surface area contributed by atoms with Gasteiger partial charge in [0.05, 0.1) is 10.6 Å². The van der Waals surface area contributed by atoms with Crippen LogP contribution >= 0.6 is 0 Å². The highest BCUT2D eigenvalue weighted by molar-refractivity contribution is 7.93. The third-order valence-corrected chi connectivity index (χ3v) is 8.37. The van der Waals surface area contributed by atoms with Crippen LogP contribution in [0.5, 0.6) is 0 Å². The standard InChI is InChI=1S/C26H32N6O4S/c1-18-15-19(2)25(20(3)16-18)37(35,36)32(17-24(33)34)22-7-5-21(6-8-22)28-23-9-10-27-26(29-23)31-13-11-30(4)12-14-31/h5-10,15-16H,11-14,17H2,1-4H3,(H,33,34)(H,27,28,29). The van der Waals surface area contributed by atoms with E-state index in [0.29, 0.717) is 28.6 Å². The van der Waals surface area contributed by atoms with Crippen molar-refractivity contribution < 1.29 is 18.3 Å². The zero-order valence-electron chi connectivity index (χ0n) is 21.5. The summed E-state index contributed by atoms with van der Waals surface area (Å²) in [5, 5.41) is 12.7. The fourth-order valence-corrected chi connectivity index (χ4v) is 6.39. The molecule has 2 heterocycles. The van der Waals surface area contributed by atoms with Gasteiger partial charge in [-0.1, -0.05) is 17.7 Å². The Morgan fingerprint density at radius 1 is 1.03 bits per heavy atom. The Balaban J connectivity index is 1.58. The van der Waals surface area contributed by atoms with Crippen LogP contribution < -0.4 is 14.5 Å². The lowest BCUT2D eigenvalue weighted by Crippen LogP contribution is -2.45. The fraction of sp³-hybridized carbons (Fsp3) is 0.346. The quantitative estimate of drug-likeness (QED) is 0.458. The molecule has 1 fully saturated rings. The summed E-state index contributed by atoms with van der Waals surface area (Å²) in [6, 6.07) is 11.9. The number of benzene rings is 2. The number of carboxylic acid groups (broad SMARTS) is 1.